The minimum Gasteiger partial charge on any atom is -0.494 e. The first-order valence-electron chi connectivity index (χ1n) is 9.03. The molecule has 3 rings (SSSR count). The van der Waals surface area contributed by atoms with Gasteiger partial charge in [-0.3, -0.25) is 9.59 Å². The maximum absolute atomic E-state index is 12.3. The number of amides is 2. The fourth-order valence-electron chi connectivity index (χ4n) is 3.11. The lowest BCUT2D eigenvalue weighted by atomic mass is 10.2. The predicted molar refractivity (Wildman–Crippen MR) is 105 cm³/mol. The molecule has 8 heteroatoms. The van der Waals surface area contributed by atoms with E-state index in [9.17, 15) is 9.59 Å². The van der Waals surface area contributed by atoms with Crippen molar-refractivity contribution in [1.29, 1.82) is 0 Å². The lowest BCUT2D eigenvalue weighted by molar-refractivity contribution is -0.138. The topological polar surface area (TPSA) is 75.6 Å². The smallest absolute Gasteiger partial charge is 0.222 e. The zero-order valence-corrected chi connectivity index (χ0v) is 16.5. The number of benzene rings is 1. The number of carbonyl (C=O) groups excluding carboxylic acids is 2. The van der Waals surface area contributed by atoms with Crippen LogP contribution >= 0.6 is 11.8 Å². The van der Waals surface area contributed by atoms with E-state index in [1.54, 1.807) is 29.9 Å². The van der Waals surface area contributed by atoms with Gasteiger partial charge in [0.25, 0.3) is 0 Å². The number of hydrogen-bond acceptors (Lipinski definition) is 6. The van der Waals surface area contributed by atoms with Crippen LogP contribution in [0.1, 0.15) is 19.8 Å². The lowest BCUT2D eigenvalue weighted by Gasteiger charge is -2.34. The van der Waals surface area contributed by atoms with Gasteiger partial charge in [-0.2, -0.15) is 0 Å². The highest BCUT2D eigenvalue weighted by atomic mass is 32.2. The Labute approximate surface area is 163 Å². The molecule has 0 atom stereocenters. The first-order valence-corrected chi connectivity index (χ1v) is 10.3. The van der Waals surface area contributed by atoms with E-state index in [0.29, 0.717) is 45.6 Å². The Bertz CT molecular complexity index is 822. The molecule has 2 amide bonds. The molecule has 27 heavy (non-hydrogen) atoms. The van der Waals surface area contributed by atoms with Crippen LogP contribution in [0.25, 0.3) is 10.9 Å². The van der Waals surface area contributed by atoms with Crippen LogP contribution in [0.3, 0.4) is 0 Å². The van der Waals surface area contributed by atoms with Gasteiger partial charge in [-0.1, -0.05) is 0 Å². The van der Waals surface area contributed by atoms with Gasteiger partial charge in [0.1, 0.15) is 17.1 Å². The molecule has 144 valence electrons. The van der Waals surface area contributed by atoms with Crippen LogP contribution in [0.5, 0.6) is 5.75 Å². The molecule has 1 aliphatic rings. The van der Waals surface area contributed by atoms with Crippen molar-refractivity contribution in [2.75, 3.05) is 39.0 Å². The number of fused-ring (bicyclic) bond motifs is 1. The third-order valence-electron chi connectivity index (χ3n) is 4.65. The standard InChI is InChI=1S/C19H24N4O3S/c1-14(24)22-7-9-23(10-8-22)18(25)4-3-11-26-15-5-6-16-17(12-15)20-13-21-19(16)27-2/h5-6,12-13H,3-4,7-11H2,1-2H3. The highest BCUT2D eigenvalue weighted by molar-refractivity contribution is 7.98. The van der Waals surface area contributed by atoms with Gasteiger partial charge in [0.15, 0.2) is 0 Å². The number of hydrogen-bond donors (Lipinski definition) is 0. The van der Waals surface area contributed by atoms with Crippen molar-refractivity contribution in [3.63, 3.8) is 0 Å². The fourth-order valence-corrected chi connectivity index (χ4v) is 3.65. The third-order valence-corrected chi connectivity index (χ3v) is 5.36. The first kappa shape index (κ1) is 19.4. The molecule has 1 aromatic heterocycles. The van der Waals surface area contributed by atoms with Crippen LogP contribution in [-0.2, 0) is 9.59 Å². The van der Waals surface area contributed by atoms with Gasteiger partial charge >= 0.3 is 0 Å². The third kappa shape index (κ3) is 4.88. The van der Waals surface area contributed by atoms with Crippen molar-refractivity contribution >= 4 is 34.5 Å². The second-order valence-electron chi connectivity index (χ2n) is 6.40. The van der Waals surface area contributed by atoms with Crippen molar-refractivity contribution in [2.24, 2.45) is 0 Å². The van der Waals surface area contributed by atoms with Crippen LogP contribution < -0.4 is 4.74 Å². The molecule has 1 saturated heterocycles. The van der Waals surface area contributed by atoms with E-state index in [2.05, 4.69) is 9.97 Å². The number of nitrogens with zero attached hydrogens (tertiary/aromatic N) is 4. The number of ether oxygens (including phenoxy) is 1. The molecule has 0 N–H and O–H groups in total. The average Bonchev–Trinajstić information content (AvgIpc) is 2.70. The second kappa shape index (κ2) is 9.03. The average molecular weight is 388 g/mol. The normalized spacial score (nSPS) is 14.4. The zero-order chi connectivity index (χ0) is 19.2. The Morgan fingerprint density at radius 2 is 1.89 bits per heavy atom. The van der Waals surface area contributed by atoms with E-state index < -0.39 is 0 Å². The Morgan fingerprint density at radius 1 is 1.15 bits per heavy atom. The van der Waals surface area contributed by atoms with Crippen molar-refractivity contribution in [1.82, 2.24) is 19.8 Å². The molecule has 0 bridgehead atoms. The number of rotatable bonds is 6. The summed E-state index contributed by atoms with van der Waals surface area (Å²) in [6, 6.07) is 5.78. The first-order chi connectivity index (χ1) is 13.1. The van der Waals surface area contributed by atoms with Gasteiger partial charge < -0.3 is 14.5 Å². The van der Waals surface area contributed by atoms with Gasteiger partial charge in [0.05, 0.1) is 12.1 Å². The molecule has 7 nitrogen and oxygen atoms in total. The molecule has 2 heterocycles. The van der Waals surface area contributed by atoms with E-state index in [1.165, 1.54) is 0 Å². The second-order valence-corrected chi connectivity index (χ2v) is 7.20. The monoisotopic (exact) mass is 388 g/mol. The summed E-state index contributed by atoms with van der Waals surface area (Å²) in [5, 5.41) is 1.96. The summed E-state index contributed by atoms with van der Waals surface area (Å²) in [6.07, 6.45) is 4.65. The summed E-state index contributed by atoms with van der Waals surface area (Å²) in [5.41, 5.74) is 0.853. The minimum absolute atomic E-state index is 0.0702. The molecular weight excluding hydrogens is 364 g/mol. The van der Waals surface area contributed by atoms with Crippen LogP contribution in [0.4, 0.5) is 0 Å². The van der Waals surface area contributed by atoms with Crippen LogP contribution in [0, 0.1) is 0 Å². The Hall–Kier alpha value is -2.35. The molecule has 0 aliphatic carbocycles. The maximum atomic E-state index is 12.3. The largest absolute Gasteiger partial charge is 0.494 e. The van der Waals surface area contributed by atoms with Gasteiger partial charge in [-0.25, -0.2) is 9.97 Å². The predicted octanol–water partition coefficient (Wildman–Crippen LogP) is 2.20. The summed E-state index contributed by atoms with van der Waals surface area (Å²) in [6.45, 7) is 4.51. The number of thioether (sulfide) groups is 1. The van der Waals surface area contributed by atoms with Crippen molar-refractivity contribution in [2.45, 2.75) is 24.8 Å². The molecule has 1 aromatic carbocycles. The van der Waals surface area contributed by atoms with Gasteiger partial charge in [-0.15, -0.1) is 11.8 Å². The lowest BCUT2D eigenvalue weighted by Crippen LogP contribution is -2.50. The molecule has 1 aliphatic heterocycles. The van der Waals surface area contributed by atoms with E-state index in [0.717, 1.165) is 21.7 Å². The van der Waals surface area contributed by atoms with Crippen molar-refractivity contribution in [3.05, 3.63) is 24.5 Å². The van der Waals surface area contributed by atoms with E-state index in [1.807, 2.05) is 29.4 Å². The molecule has 0 saturated carbocycles. The maximum Gasteiger partial charge on any atom is 0.222 e. The van der Waals surface area contributed by atoms with Crippen LogP contribution in [0.15, 0.2) is 29.6 Å². The van der Waals surface area contributed by atoms with Crippen molar-refractivity contribution in [3.8, 4) is 5.75 Å². The molecule has 0 radical (unpaired) electrons. The highest BCUT2D eigenvalue weighted by Gasteiger charge is 2.21. The summed E-state index contributed by atoms with van der Waals surface area (Å²) in [5.74, 6) is 0.939. The summed E-state index contributed by atoms with van der Waals surface area (Å²) < 4.78 is 5.78. The molecule has 0 unspecified atom stereocenters. The molecular formula is C19H24N4O3S. The highest BCUT2D eigenvalue weighted by Crippen LogP contribution is 2.25. The van der Waals surface area contributed by atoms with Gasteiger partial charge in [-0.05, 0) is 24.8 Å². The Morgan fingerprint density at radius 3 is 2.59 bits per heavy atom. The minimum atomic E-state index is 0.0702. The van der Waals surface area contributed by atoms with E-state index >= 15 is 0 Å². The SMILES string of the molecule is CSc1ncnc2cc(OCCCC(=O)N3CCN(C(C)=O)CC3)ccc12. The van der Waals surface area contributed by atoms with Crippen LogP contribution in [0.2, 0.25) is 0 Å². The van der Waals surface area contributed by atoms with Crippen LogP contribution in [-0.4, -0.2) is 70.6 Å². The zero-order valence-electron chi connectivity index (χ0n) is 15.7. The Balaban J connectivity index is 1.44. The Kier molecular flexibility index (Phi) is 6.49. The molecule has 1 fully saturated rings. The number of piperazine rings is 1. The quantitative estimate of drug-likeness (QED) is 0.429. The van der Waals surface area contributed by atoms with E-state index in [-0.39, 0.29) is 11.8 Å². The number of carbonyl (C=O) groups is 2. The van der Waals surface area contributed by atoms with Gasteiger partial charge in [0, 0.05) is 51.0 Å². The molecule has 2 aromatic rings. The fraction of sp³-hybridized carbons (Fsp3) is 0.474. The van der Waals surface area contributed by atoms with E-state index in [4.69, 9.17) is 4.74 Å². The summed E-state index contributed by atoms with van der Waals surface area (Å²) >= 11 is 1.59. The molecule has 0 spiro atoms. The van der Waals surface area contributed by atoms with Gasteiger partial charge in [0.2, 0.25) is 11.8 Å². The summed E-state index contributed by atoms with van der Waals surface area (Å²) in [7, 11) is 0. The summed E-state index contributed by atoms with van der Waals surface area (Å²) in [4.78, 5) is 35.8. The number of aromatic nitrogens is 2. The van der Waals surface area contributed by atoms with Crippen molar-refractivity contribution < 1.29 is 14.3 Å².